The molecular formula is C19H20N2O2. The molecule has 1 heterocycles. The van der Waals surface area contributed by atoms with Crippen LogP contribution in [0.5, 0.6) is 0 Å². The monoisotopic (exact) mass is 308 g/mol. The lowest BCUT2D eigenvalue weighted by molar-refractivity contribution is -0.118. The molecule has 23 heavy (non-hydrogen) atoms. The summed E-state index contributed by atoms with van der Waals surface area (Å²) < 4.78 is 5.34. The third kappa shape index (κ3) is 2.59. The van der Waals surface area contributed by atoms with Crippen LogP contribution < -0.4 is 11.1 Å². The first-order valence-electron chi connectivity index (χ1n) is 7.98. The maximum atomic E-state index is 12.4. The normalized spacial score (nSPS) is 25.0. The lowest BCUT2D eigenvalue weighted by Crippen LogP contribution is -2.19. The first kappa shape index (κ1) is 14.3. The lowest BCUT2D eigenvalue weighted by atomic mass is 10.0. The van der Waals surface area contributed by atoms with Gasteiger partial charge in [0, 0.05) is 5.92 Å². The number of rotatable bonds is 3. The van der Waals surface area contributed by atoms with Gasteiger partial charge in [-0.15, -0.1) is 0 Å². The summed E-state index contributed by atoms with van der Waals surface area (Å²) in [5.74, 6) is 0.954. The number of hydrogen-bond acceptors (Lipinski definition) is 3. The smallest absolute Gasteiger partial charge is 0.228 e. The lowest BCUT2D eigenvalue weighted by Gasteiger charge is -2.12. The highest BCUT2D eigenvalue weighted by Gasteiger charge is 2.57. The summed E-state index contributed by atoms with van der Waals surface area (Å²) in [6.45, 7) is 3.48. The minimum Gasteiger partial charge on any atom is -0.397 e. The van der Waals surface area contributed by atoms with E-state index in [-0.39, 0.29) is 11.8 Å². The van der Waals surface area contributed by atoms with Gasteiger partial charge < -0.3 is 15.8 Å². The number of fused-ring (bicyclic) bond motifs is 1. The molecule has 1 saturated carbocycles. The van der Waals surface area contributed by atoms with Gasteiger partial charge in [-0.2, -0.15) is 0 Å². The molecule has 2 fully saturated rings. The molecule has 1 aliphatic heterocycles. The molecule has 1 amide bonds. The molecule has 2 unspecified atom stereocenters. The maximum absolute atomic E-state index is 12.4. The number of carbonyl (C=O) groups excluding carboxylic acids is 1. The topological polar surface area (TPSA) is 64.3 Å². The number of amides is 1. The zero-order chi connectivity index (χ0) is 16.0. The summed E-state index contributed by atoms with van der Waals surface area (Å²) in [6, 6.07) is 14.1. The number of anilines is 2. The molecule has 2 atom stereocenters. The Morgan fingerprint density at radius 1 is 1.09 bits per heavy atom. The second-order valence-electron chi connectivity index (χ2n) is 6.55. The average molecular weight is 308 g/mol. The van der Waals surface area contributed by atoms with Crippen molar-refractivity contribution in [2.45, 2.75) is 6.92 Å². The Bertz CT molecular complexity index is 744. The summed E-state index contributed by atoms with van der Waals surface area (Å²) >= 11 is 0. The van der Waals surface area contributed by atoms with E-state index in [4.69, 9.17) is 10.5 Å². The average Bonchev–Trinajstić information content (AvgIpc) is 3.03. The Labute approximate surface area is 135 Å². The van der Waals surface area contributed by atoms with Crippen molar-refractivity contribution in [2.75, 3.05) is 24.3 Å². The van der Waals surface area contributed by atoms with Gasteiger partial charge in [-0.05, 0) is 42.0 Å². The zero-order valence-corrected chi connectivity index (χ0v) is 13.1. The number of aryl methyl sites for hydroxylation is 1. The van der Waals surface area contributed by atoms with Crippen molar-refractivity contribution in [3.8, 4) is 11.1 Å². The molecule has 1 aliphatic carbocycles. The molecule has 2 aliphatic rings. The van der Waals surface area contributed by atoms with Gasteiger partial charge in [0.2, 0.25) is 5.91 Å². The Morgan fingerprint density at radius 3 is 2.43 bits per heavy atom. The molecule has 4 heteroatoms. The van der Waals surface area contributed by atoms with E-state index in [1.807, 2.05) is 18.2 Å². The fourth-order valence-corrected chi connectivity index (χ4v) is 3.43. The van der Waals surface area contributed by atoms with Crippen LogP contribution in [-0.2, 0) is 9.53 Å². The number of nitrogen functional groups attached to an aromatic ring is 1. The SMILES string of the molecule is Cc1ccc(-c2ccc(N)c(NC(=O)C3C4COCC43)c2)cc1. The van der Waals surface area contributed by atoms with Crippen LogP contribution in [0.15, 0.2) is 42.5 Å². The fraction of sp³-hybridized carbons (Fsp3) is 0.316. The first-order valence-corrected chi connectivity index (χ1v) is 7.98. The van der Waals surface area contributed by atoms with Crippen molar-refractivity contribution in [1.29, 1.82) is 0 Å². The van der Waals surface area contributed by atoms with Gasteiger partial charge in [0.1, 0.15) is 0 Å². The second kappa shape index (κ2) is 5.39. The third-order valence-corrected chi connectivity index (χ3v) is 4.95. The Hall–Kier alpha value is -2.33. The largest absolute Gasteiger partial charge is 0.397 e. The van der Waals surface area contributed by atoms with E-state index in [0.29, 0.717) is 36.4 Å². The number of benzene rings is 2. The third-order valence-electron chi connectivity index (χ3n) is 4.95. The summed E-state index contributed by atoms with van der Waals surface area (Å²) in [5, 5.41) is 3.00. The van der Waals surface area contributed by atoms with Crippen molar-refractivity contribution in [2.24, 2.45) is 17.8 Å². The molecule has 3 N–H and O–H groups in total. The van der Waals surface area contributed by atoms with E-state index < -0.39 is 0 Å². The predicted octanol–water partition coefficient (Wildman–Crippen LogP) is 3.08. The first-order chi connectivity index (χ1) is 11.1. The molecule has 0 aromatic heterocycles. The van der Waals surface area contributed by atoms with Crippen LogP contribution in [0.4, 0.5) is 11.4 Å². The van der Waals surface area contributed by atoms with E-state index >= 15 is 0 Å². The standard InChI is InChI=1S/C19H20N2O2/c1-11-2-4-12(5-3-11)13-6-7-16(20)17(8-13)21-19(22)18-14-9-23-10-15(14)18/h2-8,14-15,18H,9-10,20H2,1H3,(H,21,22). The van der Waals surface area contributed by atoms with Crippen molar-refractivity contribution in [1.82, 2.24) is 0 Å². The predicted molar refractivity (Wildman–Crippen MR) is 90.9 cm³/mol. The van der Waals surface area contributed by atoms with Crippen LogP contribution in [0.3, 0.4) is 0 Å². The minimum atomic E-state index is 0.0658. The number of carbonyl (C=O) groups is 1. The van der Waals surface area contributed by atoms with E-state index in [0.717, 1.165) is 11.1 Å². The summed E-state index contributed by atoms with van der Waals surface area (Å²) in [4.78, 5) is 12.4. The van der Waals surface area contributed by atoms with Gasteiger partial charge in [-0.1, -0.05) is 35.9 Å². The highest BCUT2D eigenvalue weighted by molar-refractivity contribution is 5.98. The molecule has 118 valence electrons. The van der Waals surface area contributed by atoms with Gasteiger partial charge in [0.15, 0.2) is 0 Å². The molecule has 1 saturated heterocycles. The highest BCUT2D eigenvalue weighted by atomic mass is 16.5. The molecule has 0 radical (unpaired) electrons. The van der Waals surface area contributed by atoms with Crippen LogP contribution in [0.2, 0.25) is 0 Å². The van der Waals surface area contributed by atoms with Crippen molar-refractivity contribution >= 4 is 17.3 Å². The van der Waals surface area contributed by atoms with E-state index in [1.165, 1.54) is 5.56 Å². The van der Waals surface area contributed by atoms with Gasteiger partial charge in [-0.25, -0.2) is 0 Å². The van der Waals surface area contributed by atoms with E-state index in [9.17, 15) is 4.79 Å². The van der Waals surface area contributed by atoms with E-state index in [1.54, 1.807) is 0 Å². The van der Waals surface area contributed by atoms with Crippen LogP contribution in [-0.4, -0.2) is 19.1 Å². The molecule has 0 spiro atoms. The van der Waals surface area contributed by atoms with Crippen molar-refractivity contribution in [3.05, 3.63) is 48.0 Å². The summed E-state index contributed by atoms with van der Waals surface area (Å²) in [7, 11) is 0. The number of ether oxygens (including phenoxy) is 1. The molecule has 0 bridgehead atoms. The van der Waals surface area contributed by atoms with Crippen molar-refractivity contribution in [3.63, 3.8) is 0 Å². The Kier molecular flexibility index (Phi) is 3.34. The number of nitrogens with two attached hydrogens (primary N) is 1. The van der Waals surface area contributed by atoms with Crippen LogP contribution in [0.25, 0.3) is 11.1 Å². The fourth-order valence-electron chi connectivity index (χ4n) is 3.43. The Balaban J connectivity index is 1.55. The number of nitrogens with one attached hydrogen (secondary N) is 1. The molecule has 4 nitrogen and oxygen atoms in total. The quantitative estimate of drug-likeness (QED) is 0.857. The van der Waals surface area contributed by atoms with Gasteiger partial charge in [0.05, 0.1) is 24.6 Å². The summed E-state index contributed by atoms with van der Waals surface area (Å²) in [6.07, 6.45) is 0. The molecule has 4 rings (SSSR count). The maximum Gasteiger partial charge on any atom is 0.228 e. The number of hydrogen-bond donors (Lipinski definition) is 2. The summed E-state index contributed by atoms with van der Waals surface area (Å²) in [5.41, 5.74) is 10.7. The van der Waals surface area contributed by atoms with Gasteiger partial charge >= 0.3 is 0 Å². The van der Waals surface area contributed by atoms with E-state index in [2.05, 4.69) is 36.5 Å². The minimum absolute atomic E-state index is 0.0658. The van der Waals surface area contributed by atoms with Crippen LogP contribution >= 0.6 is 0 Å². The zero-order valence-electron chi connectivity index (χ0n) is 13.1. The van der Waals surface area contributed by atoms with Crippen LogP contribution in [0.1, 0.15) is 5.56 Å². The van der Waals surface area contributed by atoms with Crippen molar-refractivity contribution < 1.29 is 9.53 Å². The Morgan fingerprint density at radius 2 is 1.74 bits per heavy atom. The molecular weight excluding hydrogens is 288 g/mol. The molecule has 2 aromatic rings. The van der Waals surface area contributed by atoms with Gasteiger partial charge in [0.25, 0.3) is 0 Å². The van der Waals surface area contributed by atoms with Gasteiger partial charge in [-0.3, -0.25) is 4.79 Å². The molecule has 2 aromatic carbocycles. The second-order valence-corrected chi connectivity index (χ2v) is 6.55. The van der Waals surface area contributed by atoms with Crippen LogP contribution in [0, 0.1) is 24.7 Å². The highest BCUT2D eigenvalue weighted by Crippen LogP contribution is 2.51.